The third kappa shape index (κ3) is 4.74. The van der Waals surface area contributed by atoms with Crippen molar-refractivity contribution in [3.63, 3.8) is 0 Å². The maximum absolute atomic E-state index is 12.3. The van der Waals surface area contributed by atoms with Gasteiger partial charge in [0.2, 0.25) is 5.91 Å². The van der Waals surface area contributed by atoms with Crippen molar-refractivity contribution < 1.29 is 9.53 Å². The van der Waals surface area contributed by atoms with E-state index in [4.69, 9.17) is 4.74 Å². The molecule has 1 fully saturated rings. The molecule has 3 rings (SSSR count). The number of aromatic nitrogens is 1. The van der Waals surface area contributed by atoms with Crippen LogP contribution in [0.15, 0.2) is 51.9 Å². The number of hydrogen-bond donors (Lipinski definition) is 1. The van der Waals surface area contributed by atoms with E-state index in [2.05, 4.69) is 38.3 Å². The number of carbonyl (C=O) groups excluding carboxylic acids is 1. The van der Waals surface area contributed by atoms with Crippen LogP contribution in [0, 0.1) is 0 Å². The van der Waals surface area contributed by atoms with Crippen LogP contribution >= 0.6 is 15.9 Å². The Morgan fingerprint density at radius 3 is 2.58 bits per heavy atom. The van der Waals surface area contributed by atoms with Gasteiger partial charge in [-0.25, -0.2) is 0 Å². The highest BCUT2D eigenvalue weighted by Gasteiger charge is 2.14. The largest absolute Gasteiger partial charge is 0.378 e. The lowest BCUT2D eigenvalue weighted by Gasteiger charge is -2.29. The van der Waals surface area contributed by atoms with Crippen LogP contribution in [0.25, 0.3) is 0 Å². The Morgan fingerprint density at radius 1 is 1.19 bits per heavy atom. The molecule has 1 atom stereocenters. The quantitative estimate of drug-likeness (QED) is 0.807. The summed E-state index contributed by atoms with van der Waals surface area (Å²) in [5.74, 6) is -0.199. The van der Waals surface area contributed by atoms with Gasteiger partial charge in [-0.15, -0.1) is 0 Å². The van der Waals surface area contributed by atoms with E-state index in [0.29, 0.717) is 0 Å². The van der Waals surface area contributed by atoms with Crippen LogP contribution in [0.4, 0.5) is 5.69 Å². The minimum atomic E-state index is -0.203. The lowest BCUT2D eigenvalue weighted by Crippen LogP contribution is -2.36. The summed E-state index contributed by atoms with van der Waals surface area (Å²) >= 11 is 3.31. The van der Waals surface area contributed by atoms with Gasteiger partial charge in [-0.2, -0.15) is 0 Å². The highest BCUT2D eigenvalue weighted by Crippen LogP contribution is 2.20. The van der Waals surface area contributed by atoms with Crippen molar-refractivity contribution in [2.45, 2.75) is 19.5 Å². The molecule has 6 nitrogen and oxygen atoms in total. The first kappa shape index (κ1) is 18.7. The lowest BCUT2D eigenvalue weighted by atomic mass is 10.1. The third-order valence-electron chi connectivity index (χ3n) is 4.41. The fourth-order valence-corrected chi connectivity index (χ4v) is 3.33. The predicted molar refractivity (Wildman–Crippen MR) is 104 cm³/mol. The number of amides is 1. The van der Waals surface area contributed by atoms with E-state index in [1.54, 1.807) is 12.3 Å². The summed E-state index contributed by atoms with van der Waals surface area (Å²) in [6, 6.07) is 11.2. The molecule has 0 bridgehead atoms. The lowest BCUT2D eigenvalue weighted by molar-refractivity contribution is -0.122. The monoisotopic (exact) mass is 419 g/mol. The second-order valence-corrected chi connectivity index (χ2v) is 7.21. The van der Waals surface area contributed by atoms with E-state index in [-0.39, 0.29) is 24.1 Å². The number of carbonyl (C=O) groups is 1. The van der Waals surface area contributed by atoms with Crippen molar-refractivity contribution in [1.82, 2.24) is 9.88 Å². The molecule has 2 heterocycles. The van der Waals surface area contributed by atoms with Gasteiger partial charge in [0.15, 0.2) is 0 Å². The van der Waals surface area contributed by atoms with Crippen molar-refractivity contribution in [2.24, 2.45) is 0 Å². The minimum absolute atomic E-state index is 0.00548. The Morgan fingerprint density at radius 2 is 1.88 bits per heavy atom. The molecule has 0 saturated carbocycles. The average molecular weight is 420 g/mol. The summed E-state index contributed by atoms with van der Waals surface area (Å²) in [6.45, 7) is 5.23. The zero-order valence-corrected chi connectivity index (χ0v) is 16.2. The smallest absolute Gasteiger partial charge is 0.251 e. The number of halogens is 1. The number of morpholine rings is 1. The van der Waals surface area contributed by atoms with Crippen LogP contribution in [0.2, 0.25) is 0 Å². The number of rotatable bonds is 5. The molecule has 2 aromatic rings. The Hall–Kier alpha value is -2.12. The molecule has 0 spiro atoms. The Bertz CT molecular complexity index is 814. The minimum Gasteiger partial charge on any atom is -0.378 e. The van der Waals surface area contributed by atoms with Crippen LogP contribution in [0.1, 0.15) is 18.5 Å². The van der Waals surface area contributed by atoms with Crippen molar-refractivity contribution in [1.29, 1.82) is 0 Å². The van der Waals surface area contributed by atoms with Gasteiger partial charge < -0.3 is 19.5 Å². The van der Waals surface area contributed by atoms with Gasteiger partial charge in [-0.1, -0.05) is 12.1 Å². The topological polar surface area (TPSA) is 63.6 Å². The molecule has 1 aliphatic rings. The van der Waals surface area contributed by atoms with Crippen LogP contribution in [0.5, 0.6) is 0 Å². The van der Waals surface area contributed by atoms with Crippen molar-refractivity contribution in [3.8, 4) is 0 Å². The maximum Gasteiger partial charge on any atom is 0.251 e. The third-order valence-corrected chi connectivity index (χ3v) is 4.88. The van der Waals surface area contributed by atoms with Gasteiger partial charge in [0, 0.05) is 35.5 Å². The van der Waals surface area contributed by atoms with E-state index < -0.39 is 0 Å². The molecular formula is C19H22BrN3O3. The summed E-state index contributed by atoms with van der Waals surface area (Å²) in [7, 11) is 0. The molecule has 1 aromatic carbocycles. The number of nitrogens with zero attached hydrogens (tertiary/aromatic N) is 2. The Labute approximate surface area is 160 Å². The van der Waals surface area contributed by atoms with E-state index >= 15 is 0 Å². The molecule has 0 aliphatic carbocycles. The molecule has 1 saturated heterocycles. The van der Waals surface area contributed by atoms with Gasteiger partial charge in [-0.3, -0.25) is 9.59 Å². The first-order valence-corrected chi connectivity index (χ1v) is 9.40. The highest BCUT2D eigenvalue weighted by atomic mass is 79.9. The highest BCUT2D eigenvalue weighted by molar-refractivity contribution is 9.10. The van der Waals surface area contributed by atoms with Crippen LogP contribution in [-0.2, 0) is 16.1 Å². The SMILES string of the molecule is CC(NC(=O)Cn1cc(Br)ccc1=O)c1ccc(N2CCOCC2)cc1. The van der Waals surface area contributed by atoms with Crippen LogP contribution in [-0.4, -0.2) is 36.8 Å². The molecule has 1 aromatic heterocycles. The summed E-state index contributed by atoms with van der Waals surface area (Å²) in [5, 5.41) is 2.94. The van der Waals surface area contributed by atoms with Gasteiger partial charge in [0.25, 0.3) is 5.56 Å². The number of pyridine rings is 1. The van der Waals surface area contributed by atoms with Gasteiger partial charge in [0.1, 0.15) is 6.54 Å². The normalized spacial score (nSPS) is 15.5. The van der Waals surface area contributed by atoms with Gasteiger partial charge in [0.05, 0.1) is 19.3 Å². The molecule has 1 amide bonds. The predicted octanol–water partition coefficient (Wildman–Crippen LogP) is 2.32. The molecule has 1 N–H and O–H groups in total. The second-order valence-electron chi connectivity index (χ2n) is 6.29. The summed E-state index contributed by atoms with van der Waals surface area (Å²) in [5.41, 5.74) is 1.99. The first-order chi connectivity index (χ1) is 12.5. The molecular weight excluding hydrogens is 398 g/mol. The van der Waals surface area contributed by atoms with Crippen molar-refractivity contribution in [2.75, 3.05) is 31.2 Å². The molecule has 1 aliphatic heterocycles. The number of ether oxygens (including phenoxy) is 1. The van der Waals surface area contributed by atoms with Crippen LogP contribution in [0.3, 0.4) is 0 Å². The zero-order chi connectivity index (χ0) is 18.5. The van der Waals surface area contributed by atoms with Gasteiger partial charge >= 0.3 is 0 Å². The summed E-state index contributed by atoms with van der Waals surface area (Å²) < 4.78 is 7.52. The van der Waals surface area contributed by atoms with E-state index in [0.717, 1.165) is 42.0 Å². The van der Waals surface area contributed by atoms with E-state index in [1.807, 2.05) is 19.1 Å². The summed E-state index contributed by atoms with van der Waals surface area (Å²) in [6.07, 6.45) is 1.61. The van der Waals surface area contributed by atoms with Crippen molar-refractivity contribution in [3.05, 3.63) is 63.0 Å². The molecule has 138 valence electrons. The second kappa shape index (κ2) is 8.51. The fourth-order valence-electron chi connectivity index (χ4n) is 2.95. The van der Waals surface area contributed by atoms with Gasteiger partial charge in [-0.05, 0) is 46.6 Å². The zero-order valence-electron chi connectivity index (χ0n) is 14.7. The fraction of sp³-hybridized carbons (Fsp3) is 0.368. The number of benzene rings is 1. The average Bonchev–Trinajstić information content (AvgIpc) is 2.65. The molecule has 1 unspecified atom stereocenters. The Balaban J connectivity index is 1.60. The molecule has 0 radical (unpaired) electrons. The van der Waals surface area contributed by atoms with E-state index in [9.17, 15) is 9.59 Å². The maximum atomic E-state index is 12.3. The number of hydrogen-bond acceptors (Lipinski definition) is 4. The molecule has 7 heteroatoms. The van der Waals surface area contributed by atoms with Crippen LogP contribution < -0.4 is 15.8 Å². The standard InChI is InChI=1S/C19H22BrN3O3/c1-14(21-18(24)13-23-12-16(20)4-7-19(23)25)15-2-5-17(6-3-15)22-8-10-26-11-9-22/h2-7,12,14H,8-11,13H2,1H3,(H,21,24). The van der Waals surface area contributed by atoms with E-state index in [1.165, 1.54) is 10.6 Å². The Kier molecular flexibility index (Phi) is 6.11. The number of anilines is 1. The summed E-state index contributed by atoms with van der Waals surface area (Å²) in [4.78, 5) is 26.4. The van der Waals surface area contributed by atoms with Crippen molar-refractivity contribution >= 4 is 27.5 Å². The number of nitrogens with one attached hydrogen (secondary N) is 1. The first-order valence-electron chi connectivity index (χ1n) is 8.61. The molecule has 26 heavy (non-hydrogen) atoms.